The van der Waals surface area contributed by atoms with Crippen LogP contribution in [0.15, 0.2) is 53.0 Å². The highest BCUT2D eigenvalue weighted by Crippen LogP contribution is 2.23. The Labute approximate surface area is 115 Å². The van der Waals surface area contributed by atoms with Gasteiger partial charge in [0.25, 0.3) is 0 Å². The van der Waals surface area contributed by atoms with Crippen molar-refractivity contribution in [1.29, 1.82) is 0 Å². The number of rotatable bonds is 3. The molecule has 17 heavy (non-hydrogen) atoms. The SMILES string of the molecule is NC(Cc1ccccc1Br)c1ccc(Cl)cc1. The first-order valence-corrected chi connectivity index (χ1v) is 6.58. The van der Waals surface area contributed by atoms with Gasteiger partial charge in [-0.05, 0) is 35.7 Å². The largest absolute Gasteiger partial charge is 0.324 e. The predicted molar refractivity (Wildman–Crippen MR) is 76.2 cm³/mol. The average molecular weight is 311 g/mol. The molecule has 0 radical (unpaired) electrons. The van der Waals surface area contributed by atoms with Gasteiger partial charge >= 0.3 is 0 Å². The van der Waals surface area contributed by atoms with E-state index in [1.807, 2.05) is 42.5 Å². The Kier molecular flexibility index (Phi) is 4.21. The highest BCUT2D eigenvalue weighted by molar-refractivity contribution is 9.10. The van der Waals surface area contributed by atoms with Crippen LogP contribution < -0.4 is 5.73 Å². The molecule has 0 amide bonds. The maximum absolute atomic E-state index is 6.18. The van der Waals surface area contributed by atoms with E-state index < -0.39 is 0 Å². The van der Waals surface area contributed by atoms with E-state index in [2.05, 4.69) is 22.0 Å². The Bertz CT molecular complexity index is 496. The second kappa shape index (κ2) is 5.67. The van der Waals surface area contributed by atoms with Crippen LogP contribution in [0.2, 0.25) is 5.02 Å². The zero-order valence-electron chi connectivity index (χ0n) is 9.24. The maximum Gasteiger partial charge on any atom is 0.0406 e. The van der Waals surface area contributed by atoms with Gasteiger partial charge in [0, 0.05) is 15.5 Å². The lowest BCUT2D eigenvalue weighted by atomic mass is 10.00. The molecule has 1 nitrogen and oxygen atoms in total. The summed E-state index contributed by atoms with van der Waals surface area (Å²) < 4.78 is 1.10. The Morgan fingerprint density at radius 1 is 1.06 bits per heavy atom. The normalized spacial score (nSPS) is 12.4. The van der Waals surface area contributed by atoms with Gasteiger partial charge in [-0.2, -0.15) is 0 Å². The second-order valence-electron chi connectivity index (χ2n) is 3.95. The molecule has 88 valence electrons. The van der Waals surface area contributed by atoms with Gasteiger partial charge in [0.05, 0.1) is 0 Å². The molecule has 0 aliphatic carbocycles. The molecule has 0 aromatic heterocycles. The van der Waals surface area contributed by atoms with Crippen LogP contribution in [0.4, 0.5) is 0 Å². The van der Waals surface area contributed by atoms with Crippen molar-refractivity contribution in [3.05, 3.63) is 69.2 Å². The Morgan fingerprint density at radius 2 is 1.71 bits per heavy atom. The van der Waals surface area contributed by atoms with Gasteiger partial charge in [0.2, 0.25) is 0 Å². The van der Waals surface area contributed by atoms with Gasteiger partial charge in [-0.25, -0.2) is 0 Å². The molecule has 1 atom stereocenters. The number of hydrogen-bond donors (Lipinski definition) is 1. The van der Waals surface area contributed by atoms with Gasteiger partial charge in [0.15, 0.2) is 0 Å². The molecule has 0 saturated heterocycles. The van der Waals surface area contributed by atoms with Crippen molar-refractivity contribution in [1.82, 2.24) is 0 Å². The molecule has 2 aromatic rings. The molecule has 0 spiro atoms. The molecule has 0 heterocycles. The topological polar surface area (TPSA) is 26.0 Å². The van der Waals surface area contributed by atoms with E-state index in [1.165, 1.54) is 5.56 Å². The fourth-order valence-electron chi connectivity index (χ4n) is 1.73. The molecule has 0 aliphatic rings. The summed E-state index contributed by atoms with van der Waals surface area (Å²) in [6, 6.07) is 15.8. The fraction of sp³-hybridized carbons (Fsp3) is 0.143. The third kappa shape index (κ3) is 3.32. The third-order valence-electron chi connectivity index (χ3n) is 2.70. The van der Waals surface area contributed by atoms with Crippen LogP contribution in [0, 0.1) is 0 Å². The summed E-state index contributed by atoms with van der Waals surface area (Å²) in [6.07, 6.45) is 0.809. The average Bonchev–Trinajstić information content (AvgIpc) is 2.33. The Hall–Kier alpha value is -0.830. The lowest BCUT2D eigenvalue weighted by molar-refractivity contribution is 0.720. The van der Waals surface area contributed by atoms with Gasteiger partial charge in [-0.15, -0.1) is 0 Å². The minimum atomic E-state index is -0.00836. The first-order valence-electron chi connectivity index (χ1n) is 5.41. The highest BCUT2D eigenvalue weighted by atomic mass is 79.9. The maximum atomic E-state index is 6.18. The van der Waals surface area contributed by atoms with E-state index in [9.17, 15) is 0 Å². The minimum Gasteiger partial charge on any atom is -0.324 e. The molecule has 2 aromatic carbocycles. The third-order valence-corrected chi connectivity index (χ3v) is 3.72. The first kappa shape index (κ1) is 12.6. The second-order valence-corrected chi connectivity index (χ2v) is 5.24. The molecule has 1 unspecified atom stereocenters. The van der Waals surface area contributed by atoms with Gasteiger partial charge in [0.1, 0.15) is 0 Å². The van der Waals surface area contributed by atoms with Crippen molar-refractivity contribution in [2.75, 3.05) is 0 Å². The molecule has 0 bridgehead atoms. The van der Waals surface area contributed by atoms with Crippen molar-refractivity contribution in [2.45, 2.75) is 12.5 Å². The number of benzene rings is 2. The van der Waals surface area contributed by atoms with Gasteiger partial charge in [-0.1, -0.05) is 57.9 Å². The molecule has 0 aliphatic heterocycles. The van der Waals surface area contributed by atoms with Crippen molar-refractivity contribution in [2.24, 2.45) is 5.73 Å². The van der Waals surface area contributed by atoms with E-state index in [4.69, 9.17) is 17.3 Å². The summed E-state index contributed by atoms with van der Waals surface area (Å²) in [5.41, 5.74) is 8.50. The number of nitrogens with two attached hydrogens (primary N) is 1. The quantitative estimate of drug-likeness (QED) is 0.896. The Morgan fingerprint density at radius 3 is 2.35 bits per heavy atom. The zero-order chi connectivity index (χ0) is 12.3. The standard InChI is InChI=1S/C14H13BrClN/c15-13-4-2-1-3-11(13)9-14(17)10-5-7-12(16)8-6-10/h1-8,14H,9,17H2. The van der Waals surface area contributed by atoms with Crippen molar-refractivity contribution < 1.29 is 0 Å². The smallest absolute Gasteiger partial charge is 0.0406 e. The lowest BCUT2D eigenvalue weighted by Crippen LogP contribution is -2.13. The van der Waals surface area contributed by atoms with Crippen LogP contribution in [0.1, 0.15) is 17.2 Å². The highest BCUT2D eigenvalue weighted by Gasteiger charge is 2.08. The summed E-state index contributed by atoms with van der Waals surface area (Å²) in [7, 11) is 0. The minimum absolute atomic E-state index is 0.00836. The van der Waals surface area contributed by atoms with Crippen molar-refractivity contribution >= 4 is 27.5 Å². The molecule has 3 heteroatoms. The van der Waals surface area contributed by atoms with Crippen LogP contribution in [0.25, 0.3) is 0 Å². The molecular weight excluding hydrogens is 298 g/mol. The van der Waals surface area contributed by atoms with E-state index in [0.29, 0.717) is 0 Å². The van der Waals surface area contributed by atoms with Gasteiger partial charge in [-0.3, -0.25) is 0 Å². The van der Waals surface area contributed by atoms with Gasteiger partial charge < -0.3 is 5.73 Å². The molecule has 0 saturated carbocycles. The summed E-state index contributed by atoms with van der Waals surface area (Å²) in [4.78, 5) is 0. The monoisotopic (exact) mass is 309 g/mol. The Balaban J connectivity index is 2.14. The van der Waals surface area contributed by atoms with Crippen LogP contribution >= 0.6 is 27.5 Å². The van der Waals surface area contributed by atoms with E-state index in [0.717, 1.165) is 21.5 Å². The molecule has 0 fully saturated rings. The summed E-state index contributed by atoms with van der Waals surface area (Å²) in [5.74, 6) is 0. The van der Waals surface area contributed by atoms with Crippen LogP contribution in [0.5, 0.6) is 0 Å². The van der Waals surface area contributed by atoms with Crippen LogP contribution in [-0.2, 0) is 6.42 Å². The van der Waals surface area contributed by atoms with E-state index >= 15 is 0 Å². The van der Waals surface area contributed by atoms with Crippen LogP contribution in [-0.4, -0.2) is 0 Å². The van der Waals surface area contributed by atoms with Crippen molar-refractivity contribution in [3.63, 3.8) is 0 Å². The molecule has 2 N–H and O–H groups in total. The summed E-state index contributed by atoms with van der Waals surface area (Å²) in [5, 5.41) is 0.738. The first-order chi connectivity index (χ1) is 8.16. The van der Waals surface area contributed by atoms with E-state index in [-0.39, 0.29) is 6.04 Å². The van der Waals surface area contributed by atoms with E-state index in [1.54, 1.807) is 0 Å². The summed E-state index contributed by atoms with van der Waals surface area (Å²) >= 11 is 9.39. The fourth-order valence-corrected chi connectivity index (χ4v) is 2.30. The number of halogens is 2. The zero-order valence-corrected chi connectivity index (χ0v) is 11.6. The predicted octanol–water partition coefficient (Wildman–Crippen LogP) is 4.35. The van der Waals surface area contributed by atoms with Crippen molar-refractivity contribution in [3.8, 4) is 0 Å². The molecular formula is C14H13BrClN. The summed E-state index contributed by atoms with van der Waals surface area (Å²) in [6.45, 7) is 0. The van der Waals surface area contributed by atoms with Crippen LogP contribution in [0.3, 0.4) is 0 Å². The number of hydrogen-bond acceptors (Lipinski definition) is 1. The lowest BCUT2D eigenvalue weighted by Gasteiger charge is -2.13. The molecule has 2 rings (SSSR count).